The highest BCUT2D eigenvalue weighted by molar-refractivity contribution is 8.00. The van der Waals surface area contributed by atoms with Gasteiger partial charge in [-0.1, -0.05) is 23.0 Å². The van der Waals surface area contributed by atoms with Crippen LogP contribution in [0.1, 0.15) is 0 Å². The highest BCUT2D eigenvalue weighted by Crippen LogP contribution is 2.25. The van der Waals surface area contributed by atoms with Crippen LogP contribution in [0.25, 0.3) is 16.9 Å². The number of benzene rings is 2. The fourth-order valence-electron chi connectivity index (χ4n) is 2.76. The van der Waals surface area contributed by atoms with Crippen molar-refractivity contribution in [3.8, 4) is 17.2 Å². The van der Waals surface area contributed by atoms with Crippen LogP contribution in [0.5, 0.6) is 11.5 Å². The molecule has 0 fully saturated rings. The van der Waals surface area contributed by atoms with Crippen LogP contribution in [0.15, 0.2) is 59.9 Å². The average molecular weight is 422 g/mol. The minimum atomic E-state index is -0.155. The van der Waals surface area contributed by atoms with Crippen LogP contribution < -0.4 is 14.8 Å². The lowest BCUT2D eigenvalue weighted by Crippen LogP contribution is -2.14. The molecule has 2 heterocycles. The first-order valence-corrected chi connectivity index (χ1v) is 9.94. The van der Waals surface area contributed by atoms with Crippen LogP contribution in [0.3, 0.4) is 0 Å². The molecule has 0 bridgehead atoms. The van der Waals surface area contributed by atoms with Crippen molar-refractivity contribution in [3.05, 3.63) is 54.9 Å². The Hall–Kier alpha value is -3.66. The summed E-state index contributed by atoms with van der Waals surface area (Å²) in [6.07, 6.45) is 1.44. The molecule has 152 valence electrons. The molecular weight excluding hydrogens is 404 g/mol. The Morgan fingerprint density at radius 2 is 1.87 bits per heavy atom. The van der Waals surface area contributed by atoms with E-state index < -0.39 is 0 Å². The summed E-state index contributed by atoms with van der Waals surface area (Å²) in [7, 11) is 3.20. The molecular formula is C20H18N6O3S. The van der Waals surface area contributed by atoms with Crippen molar-refractivity contribution in [3.63, 3.8) is 0 Å². The normalized spacial score (nSPS) is 10.7. The maximum absolute atomic E-state index is 12.3. The molecule has 0 aliphatic rings. The van der Waals surface area contributed by atoms with Crippen LogP contribution in [-0.2, 0) is 4.79 Å². The zero-order chi connectivity index (χ0) is 20.9. The van der Waals surface area contributed by atoms with Gasteiger partial charge in [0.25, 0.3) is 0 Å². The topological polar surface area (TPSA) is 104 Å². The van der Waals surface area contributed by atoms with Crippen LogP contribution in [-0.4, -0.2) is 50.8 Å². The van der Waals surface area contributed by atoms with Gasteiger partial charge in [0.15, 0.2) is 11.2 Å². The molecule has 1 amide bonds. The molecule has 0 aliphatic carbocycles. The van der Waals surface area contributed by atoms with E-state index in [0.717, 1.165) is 11.4 Å². The SMILES string of the molecule is COc1ccc(NC(=O)CSc2ncnc3c2nnn3-c2cccc(OC)c2)cc1. The van der Waals surface area contributed by atoms with E-state index in [1.807, 2.05) is 24.3 Å². The van der Waals surface area contributed by atoms with Crippen molar-refractivity contribution in [1.82, 2.24) is 25.0 Å². The quantitative estimate of drug-likeness (QED) is 0.358. The number of ether oxygens (including phenoxy) is 2. The zero-order valence-corrected chi connectivity index (χ0v) is 17.1. The summed E-state index contributed by atoms with van der Waals surface area (Å²) in [5, 5.41) is 11.8. The number of carbonyl (C=O) groups excluding carboxylic acids is 1. The van der Waals surface area contributed by atoms with Crippen molar-refractivity contribution >= 4 is 34.5 Å². The number of hydrogen-bond acceptors (Lipinski definition) is 8. The first kappa shape index (κ1) is 19.6. The van der Waals surface area contributed by atoms with Crippen LogP contribution in [0.2, 0.25) is 0 Å². The highest BCUT2D eigenvalue weighted by atomic mass is 32.2. The molecule has 2 aromatic carbocycles. The van der Waals surface area contributed by atoms with Gasteiger partial charge < -0.3 is 14.8 Å². The first-order chi connectivity index (χ1) is 14.7. The summed E-state index contributed by atoms with van der Waals surface area (Å²) >= 11 is 1.27. The fourth-order valence-corrected chi connectivity index (χ4v) is 3.49. The van der Waals surface area contributed by atoms with E-state index in [0.29, 0.717) is 27.6 Å². The number of fused-ring (bicyclic) bond motifs is 1. The number of nitrogens with one attached hydrogen (secondary N) is 1. The lowest BCUT2D eigenvalue weighted by Gasteiger charge is -2.06. The van der Waals surface area contributed by atoms with Gasteiger partial charge in [-0.25, -0.2) is 9.97 Å². The van der Waals surface area contributed by atoms with Gasteiger partial charge in [-0.3, -0.25) is 4.79 Å². The van der Waals surface area contributed by atoms with Crippen LogP contribution >= 0.6 is 11.8 Å². The molecule has 30 heavy (non-hydrogen) atoms. The molecule has 4 rings (SSSR count). The second-order valence-electron chi connectivity index (χ2n) is 6.12. The third-order valence-electron chi connectivity index (χ3n) is 4.22. The molecule has 1 N–H and O–H groups in total. The number of aromatic nitrogens is 5. The fraction of sp³-hybridized carbons (Fsp3) is 0.150. The molecule has 0 spiro atoms. The lowest BCUT2D eigenvalue weighted by molar-refractivity contribution is -0.113. The summed E-state index contributed by atoms with van der Waals surface area (Å²) in [6.45, 7) is 0. The van der Waals surface area contributed by atoms with Gasteiger partial charge in [-0.15, -0.1) is 5.10 Å². The highest BCUT2D eigenvalue weighted by Gasteiger charge is 2.15. The van der Waals surface area contributed by atoms with Gasteiger partial charge in [0.2, 0.25) is 5.91 Å². The van der Waals surface area contributed by atoms with Gasteiger partial charge in [-0.05, 0) is 36.4 Å². The second kappa shape index (κ2) is 8.78. The Morgan fingerprint density at radius 3 is 2.63 bits per heavy atom. The second-order valence-corrected chi connectivity index (χ2v) is 7.08. The molecule has 0 saturated heterocycles. The molecule has 4 aromatic rings. The largest absolute Gasteiger partial charge is 0.497 e. The van der Waals surface area contributed by atoms with Gasteiger partial charge in [0, 0.05) is 11.8 Å². The maximum atomic E-state index is 12.3. The smallest absolute Gasteiger partial charge is 0.234 e. The lowest BCUT2D eigenvalue weighted by atomic mass is 10.3. The number of hydrogen-bond donors (Lipinski definition) is 1. The van der Waals surface area contributed by atoms with Crippen molar-refractivity contribution in [1.29, 1.82) is 0 Å². The van der Waals surface area contributed by atoms with Crippen molar-refractivity contribution < 1.29 is 14.3 Å². The Kier molecular flexibility index (Phi) is 5.75. The molecule has 0 unspecified atom stereocenters. The maximum Gasteiger partial charge on any atom is 0.234 e. The van der Waals surface area contributed by atoms with Crippen molar-refractivity contribution in [2.24, 2.45) is 0 Å². The van der Waals surface area contributed by atoms with Gasteiger partial charge in [0.1, 0.15) is 22.9 Å². The summed E-state index contributed by atoms with van der Waals surface area (Å²) in [6, 6.07) is 14.6. The zero-order valence-electron chi connectivity index (χ0n) is 16.3. The van der Waals surface area contributed by atoms with E-state index >= 15 is 0 Å². The Morgan fingerprint density at radius 1 is 1.07 bits per heavy atom. The van der Waals surface area contributed by atoms with Crippen molar-refractivity contribution in [2.75, 3.05) is 25.3 Å². The Balaban J connectivity index is 1.49. The number of amides is 1. The Labute approximate surface area is 176 Å². The molecule has 0 aliphatic heterocycles. The minimum absolute atomic E-state index is 0.155. The summed E-state index contributed by atoms with van der Waals surface area (Å²) in [4.78, 5) is 20.9. The molecule has 10 heteroatoms. The van der Waals surface area contributed by atoms with E-state index in [-0.39, 0.29) is 11.7 Å². The molecule has 2 aromatic heterocycles. The number of methoxy groups -OCH3 is 2. The predicted octanol–water partition coefficient (Wildman–Crippen LogP) is 2.96. The summed E-state index contributed by atoms with van der Waals surface area (Å²) in [5.41, 5.74) is 2.54. The van der Waals surface area contributed by atoms with Crippen molar-refractivity contribution in [2.45, 2.75) is 5.03 Å². The minimum Gasteiger partial charge on any atom is -0.497 e. The molecule has 0 atom stereocenters. The third-order valence-corrected chi connectivity index (χ3v) is 5.19. The monoisotopic (exact) mass is 422 g/mol. The summed E-state index contributed by atoms with van der Waals surface area (Å²) < 4.78 is 12.0. The summed E-state index contributed by atoms with van der Waals surface area (Å²) in [5.74, 6) is 1.45. The number of rotatable bonds is 7. The number of carbonyl (C=O) groups is 1. The predicted molar refractivity (Wildman–Crippen MR) is 113 cm³/mol. The standard InChI is InChI=1S/C20H18N6O3S/c1-28-15-8-6-13(7-9-15)23-17(27)11-30-20-18-19(21-12-22-20)26(25-24-18)14-4-3-5-16(10-14)29-2/h3-10,12H,11H2,1-2H3,(H,23,27). The van der Waals surface area contributed by atoms with E-state index in [1.54, 1.807) is 43.2 Å². The third kappa shape index (κ3) is 4.18. The van der Waals surface area contributed by atoms with E-state index in [4.69, 9.17) is 9.47 Å². The Bertz CT molecular complexity index is 1180. The van der Waals surface area contributed by atoms with E-state index in [9.17, 15) is 4.79 Å². The molecule has 0 radical (unpaired) electrons. The number of nitrogens with zero attached hydrogens (tertiary/aromatic N) is 5. The number of thioether (sulfide) groups is 1. The molecule has 0 saturated carbocycles. The van der Waals surface area contributed by atoms with E-state index in [1.165, 1.54) is 18.1 Å². The first-order valence-electron chi connectivity index (χ1n) is 8.95. The molecule has 9 nitrogen and oxygen atoms in total. The number of anilines is 1. The van der Waals surface area contributed by atoms with E-state index in [2.05, 4.69) is 25.6 Å². The van der Waals surface area contributed by atoms with Gasteiger partial charge in [0.05, 0.1) is 25.7 Å². The van der Waals surface area contributed by atoms with Gasteiger partial charge >= 0.3 is 0 Å². The average Bonchev–Trinajstić information content (AvgIpc) is 3.23. The van der Waals surface area contributed by atoms with Crippen LogP contribution in [0.4, 0.5) is 5.69 Å². The van der Waals surface area contributed by atoms with Gasteiger partial charge in [-0.2, -0.15) is 4.68 Å². The van der Waals surface area contributed by atoms with Crippen LogP contribution in [0, 0.1) is 0 Å².